The highest BCUT2D eigenvalue weighted by atomic mass is 16.8. The molecule has 12 heavy (non-hydrogen) atoms. The molecule has 1 fully saturated rings. The monoisotopic (exact) mass is 169 g/mol. The fourth-order valence-electron chi connectivity index (χ4n) is 0.953. The van der Waals surface area contributed by atoms with Crippen LogP contribution < -0.4 is 5.48 Å². The Balaban J connectivity index is 2.14. The Morgan fingerprint density at radius 2 is 2.50 bits per heavy atom. The van der Waals surface area contributed by atoms with Crippen molar-refractivity contribution >= 4 is 5.91 Å². The smallest absolute Gasteiger partial charge is 0.319 e. The number of hydrogen-bond donors (Lipinski definition) is 1. The Hall–Kier alpha value is -1.05. The molecule has 1 unspecified atom stereocenters. The van der Waals surface area contributed by atoms with E-state index >= 15 is 0 Å². The van der Waals surface area contributed by atoms with E-state index in [4.69, 9.17) is 16.0 Å². The fourth-order valence-corrected chi connectivity index (χ4v) is 0.953. The van der Waals surface area contributed by atoms with Crippen molar-refractivity contribution in [3.8, 4) is 12.3 Å². The van der Waals surface area contributed by atoms with Crippen LogP contribution in [0.25, 0.3) is 0 Å². The van der Waals surface area contributed by atoms with E-state index < -0.39 is 5.91 Å². The summed E-state index contributed by atoms with van der Waals surface area (Å²) in [4.78, 5) is 15.4. The lowest BCUT2D eigenvalue weighted by molar-refractivity contribution is -0.198. The van der Waals surface area contributed by atoms with Crippen LogP contribution in [0.15, 0.2) is 0 Å². The molecule has 0 aromatic heterocycles. The van der Waals surface area contributed by atoms with Crippen LogP contribution in [0.4, 0.5) is 0 Å². The standard InChI is InChI=1S/C8H11NO3/c1-2-7(10)9-12-8-5-3-4-6-11-8/h1,8H,3-6H2,(H,9,10). The molecule has 4 nitrogen and oxygen atoms in total. The van der Waals surface area contributed by atoms with Crippen LogP contribution in [0.5, 0.6) is 0 Å². The molecule has 0 aromatic rings. The predicted molar refractivity (Wildman–Crippen MR) is 41.7 cm³/mol. The average Bonchev–Trinajstić information content (AvgIpc) is 2.16. The molecule has 0 saturated carbocycles. The van der Waals surface area contributed by atoms with Gasteiger partial charge in [-0.1, -0.05) is 0 Å². The number of nitrogens with one attached hydrogen (secondary N) is 1. The van der Waals surface area contributed by atoms with Gasteiger partial charge in [-0.05, 0) is 18.8 Å². The van der Waals surface area contributed by atoms with Gasteiger partial charge in [0.05, 0.1) is 0 Å². The van der Waals surface area contributed by atoms with Gasteiger partial charge in [0.25, 0.3) is 0 Å². The number of carbonyl (C=O) groups excluding carboxylic acids is 1. The number of terminal acetylenes is 1. The van der Waals surface area contributed by atoms with E-state index in [2.05, 4.69) is 5.48 Å². The summed E-state index contributed by atoms with van der Waals surface area (Å²) in [5.74, 6) is 1.29. The van der Waals surface area contributed by atoms with Crippen LogP contribution in [-0.4, -0.2) is 18.8 Å². The Morgan fingerprint density at radius 1 is 1.67 bits per heavy atom. The molecule has 1 amide bonds. The summed E-state index contributed by atoms with van der Waals surface area (Å²) < 4.78 is 5.17. The minimum atomic E-state index is -0.579. The van der Waals surface area contributed by atoms with E-state index in [9.17, 15) is 4.79 Å². The highest BCUT2D eigenvalue weighted by Crippen LogP contribution is 2.12. The van der Waals surface area contributed by atoms with Crippen LogP contribution >= 0.6 is 0 Å². The van der Waals surface area contributed by atoms with Crippen molar-refractivity contribution in [3.05, 3.63) is 0 Å². The highest BCUT2D eigenvalue weighted by molar-refractivity contribution is 5.91. The van der Waals surface area contributed by atoms with Gasteiger partial charge in [0.15, 0.2) is 6.29 Å². The van der Waals surface area contributed by atoms with E-state index in [0.717, 1.165) is 19.3 Å². The lowest BCUT2D eigenvalue weighted by Gasteiger charge is -2.21. The molecule has 1 aliphatic heterocycles. The van der Waals surface area contributed by atoms with E-state index in [1.807, 2.05) is 5.92 Å². The van der Waals surface area contributed by atoms with Gasteiger partial charge in [0, 0.05) is 13.0 Å². The van der Waals surface area contributed by atoms with Gasteiger partial charge >= 0.3 is 5.91 Å². The van der Waals surface area contributed by atoms with Gasteiger partial charge in [0.2, 0.25) is 0 Å². The Morgan fingerprint density at radius 3 is 3.08 bits per heavy atom. The van der Waals surface area contributed by atoms with Crippen molar-refractivity contribution in [2.45, 2.75) is 25.6 Å². The zero-order valence-corrected chi connectivity index (χ0v) is 6.71. The van der Waals surface area contributed by atoms with E-state index in [1.165, 1.54) is 0 Å². The average molecular weight is 169 g/mol. The van der Waals surface area contributed by atoms with Crippen molar-refractivity contribution in [1.82, 2.24) is 5.48 Å². The number of hydrogen-bond acceptors (Lipinski definition) is 3. The molecule has 0 aromatic carbocycles. The molecular weight excluding hydrogens is 158 g/mol. The molecule has 0 radical (unpaired) electrons. The Labute approximate surface area is 71.2 Å². The third kappa shape index (κ3) is 2.91. The van der Waals surface area contributed by atoms with Crippen molar-refractivity contribution in [1.29, 1.82) is 0 Å². The van der Waals surface area contributed by atoms with Crippen LogP contribution in [-0.2, 0) is 14.4 Å². The van der Waals surface area contributed by atoms with E-state index in [-0.39, 0.29) is 6.29 Å². The van der Waals surface area contributed by atoms with Gasteiger partial charge < -0.3 is 4.74 Å². The molecule has 1 saturated heterocycles. The second kappa shape index (κ2) is 4.75. The first-order chi connectivity index (χ1) is 5.83. The minimum absolute atomic E-state index is 0.337. The summed E-state index contributed by atoms with van der Waals surface area (Å²) in [5, 5.41) is 0. The summed E-state index contributed by atoms with van der Waals surface area (Å²) in [6, 6.07) is 0. The molecule has 1 aliphatic rings. The maximum atomic E-state index is 10.5. The molecule has 4 heteroatoms. The Kier molecular flexibility index (Phi) is 3.58. The highest BCUT2D eigenvalue weighted by Gasteiger charge is 2.14. The maximum absolute atomic E-state index is 10.5. The number of ether oxygens (including phenoxy) is 1. The summed E-state index contributed by atoms with van der Waals surface area (Å²) >= 11 is 0. The number of carbonyl (C=O) groups is 1. The van der Waals surface area contributed by atoms with Crippen molar-refractivity contribution in [3.63, 3.8) is 0 Å². The summed E-state index contributed by atoms with van der Waals surface area (Å²) in [6.07, 6.45) is 7.36. The van der Waals surface area contributed by atoms with Crippen LogP contribution in [0.2, 0.25) is 0 Å². The normalized spacial score (nSPS) is 22.8. The first-order valence-corrected chi connectivity index (χ1v) is 3.87. The predicted octanol–water partition coefficient (Wildman–Crippen LogP) is 0.194. The zero-order valence-electron chi connectivity index (χ0n) is 6.71. The van der Waals surface area contributed by atoms with Gasteiger partial charge in [-0.25, -0.2) is 10.3 Å². The molecule has 0 bridgehead atoms. The van der Waals surface area contributed by atoms with Crippen molar-refractivity contribution in [2.24, 2.45) is 0 Å². The molecule has 1 atom stereocenters. The van der Waals surface area contributed by atoms with Crippen LogP contribution in [0, 0.1) is 12.3 Å². The topological polar surface area (TPSA) is 47.6 Å². The summed E-state index contributed by atoms with van der Waals surface area (Å²) in [5.41, 5.74) is 2.10. The largest absolute Gasteiger partial charge is 0.350 e. The molecule has 1 rings (SSSR count). The number of rotatable bonds is 2. The summed E-state index contributed by atoms with van der Waals surface area (Å²) in [7, 11) is 0. The minimum Gasteiger partial charge on any atom is -0.350 e. The molecule has 0 aliphatic carbocycles. The second-order valence-corrected chi connectivity index (χ2v) is 2.49. The van der Waals surface area contributed by atoms with Gasteiger partial charge in [-0.15, -0.1) is 6.42 Å². The maximum Gasteiger partial charge on any atom is 0.319 e. The molecule has 1 N–H and O–H groups in total. The first kappa shape index (κ1) is 9.04. The first-order valence-electron chi connectivity index (χ1n) is 3.87. The van der Waals surface area contributed by atoms with Crippen molar-refractivity contribution in [2.75, 3.05) is 6.61 Å². The van der Waals surface area contributed by atoms with Crippen molar-refractivity contribution < 1.29 is 14.4 Å². The molecule has 1 heterocycles. The van der Waals surface area contributed by atoms with E-state index in [1.54, 1.807) is 0 Å². The lowest BCUT2D eigenvalue weighted by Crippen LogP contribution is -2.32. The quantitative estimate of drug-likeness (QED) is 0.474. The molecule has 0 spiro atoms. The summed E-state index contributed by atoms with van der Waals surface area (Å²) in [6.45, 7) is 0.677. The van der Waals surface area contributed by atoms with Gasteiger partial charge in [-0.3, -0.25) is 4.79 Å². The van der Waals surface area contributed by atoms with Crippen LogP contribution in [0.1, 0.15) is 19.3 Å². The third-order valence-electron chi connectivity index (χ3n) is 1.55. The SMILES string of the molecule is C#CC(=O)NOC1CCCCO1. The number of hydroxylamine groups is 1. The molecular formula is C8H11NO3. The van der Waals surface area contributed by atoms with Gasteiger partial charge in [0.1, 0.15) is 0 Å². The zero-order chi connectivity index (χ0) is 8.81. The fraction of sp³-hybridized carbons (Fsp3) is 0.625. The third-order valence-corrected chi connectivity index (χ3v) is 1.55. The second-order valence-electron chi connectivity index (χ2n) is 2.49. The molecule has 66 valence electrons. The lowest BCUT2D eigenvalue weighted by atomic mass is 10.2. The Bertz CT molecular complexity index is 191. The van der Waals surface area contributed by atoms with Gasteiger partial charge in [-0.2, -0.15) is 0 Å². The number of amides is 1. The van der Waals surface area contributed by atoms with Crippen LogP contribution in [0.3, 0.4) is 0 Å². The van der Waals surface area contributed by atoms with E-state index in [0.29, 0.717) is 6.61 Å².